The molecule has 0 aliphatic rings. The first-order valence-electron chi connectivity index (χ1n) is 16.6. The lowest BCUT2D eigenvalue weighted by atomic mass is 10.0. The second-order valence-electron chi connectivity index (χ2n) is 12.6. The van der Waals surface area contributed by atoms with E-state index >= 15 is 0 Å². The normalized spacial score (nSPS) is 11.7. The van der Waals surface area contributed by atoms with Crippen LogP contribution in [0.4, 0.5) is 17.1 Å². The van der Waals surface area contributed by atoms with Gasteiger partial charge in [0.25, 0.3) is 0 Å². The van der Waals surface area contributed by atoms with Crippen molar-refractivity contribution in [1.82, 2.24) is 0 Å². The maximum absolute atomic E-state index is 6.39. The molecular weight excluding hydrogens is 615 g/mol. The highest BCUT2D eigenvalue weighted by Crippen LogP contribution is 2.43. The molecule has 2 aromatic heterocycles. The Morgan fingerprint density at radius 2 is 1.06 bits per heavy atom. The van der Waals surface area contributed by atoms with Gasteiger partial charge in [0.2, 0.25) is 0 Å². The van der Waals surface area contributed by atoms with Gasteiger partial charge in [-0.3, -0.25) is 0 Å². The third kappa shape index (κ3) is 4.70. The standard InChI is InChI=1S/C46H29NOS/c1-2-10-30(11-3-1)32-14-8-15-36(26-32)47(37-24-25-43-42(29-37)41-27-33-12-4-5-13-34(33)28-44(41)48-43)35-22-20-31(21-23-35)38-17-9-18-40-39-16-6-7-19-45(39)49-46(38)40/h1-29H. The highest BCUT2D eigenvalue weighted by atomic mass is 32.1. The van der Waals surface area contributed by atoms with Crippen molar-refractivity contribution in [2.24, 2.45) is 0 Å². The van der Waals surface area contributed by atoms with Crippen molar-refractivity contribution in [3.05, 3.63) is 176 Å². The van der Waals surface area contributed by atoms with Gasteiger partial charge in [0.05, 0.1) is 0 Å². The molecular formula is C46H29NOS. The van der Waals surface area contributed by atoms with Gasteiger partial charge in [0, 0.05) is 48.0 Å². The van der Waals surface area contributed by atoms with E-state index in [0.717, 1.165) is 39.0 Å². The highest BCUT2D eigenvalue weighted by molar-refractivity contribution is 7.26. The van der Waals surface area contributed by atoms with Crippen molar-refractivity contribution in [1.29, 1.82) is 0 Å². The van der Waals surface area contributed by atoms with E-state index in [2.05, 4.69) is 181 Å². The van der Waals surface area contributed by atoms with E-state index in [0.29, 0.717) is 0 Å². The third-order valence-electron chi connectivity index (χ3n) is 9.63. The highest BCUT2D eigenvalue weighted by Gasteiger charge is 2.18. The van der Waals surface area contributed by atoms with E-state index in [-0.39, 0.29) is 0 Å². The van der Waals surface area contributed by atoms with Crippen LogP contribution in [0.3, 0.4) is 0 Å². The van der Waals surface area contributed by atoms with Crippen LogP contribution in [0.2, 0.25) is 0 Å². The van der Waals surface area contributed by atoms with Crippen LogP contribution >= 0.6 is 11.3 Å². The summed E-state index contributed by atoms with van der Waals surface area (Å²) >= 11 is 1.87. The molecule has 10 rings (SSSR count). The minimum Gasteiger partial charge on any atom is -0.456 e. The summed E-state index contributed by atoms with van der Waals surface area (Å²) in [6, 6.07) is 63.2. The van der Waals surface area contributed by atoms with Crippen LogP contribution in [0.15, 0.2) is 180 Å². The van der Waals surface area contributed by atoms with Gasteiger partial charge in [0.15, 0.2) is 0 Å². The third-order valence-corrected chi connectivity index (χ3v) is 10.9. The fourth-order valence-electron chi connectivity index (χ4n) is 7.26. The molecule has 0 radical (unpaired) electrons. The number of hydrogen-bond donors (Lipinski definition) is 0. The first kappa shape index (κ1) is 27.9. The Hall–Kier alpha value is -6.16. The van der Waals surface area contributed by atoms with Gasteiger partial charge >= 0.3 is 0 Å². The van der Waals surface area contributed by atoms with Crippen LogP contribution in [0.25, 0.3) is 75.1 Å². The number of rotatable bonds is 5. The Balaban J connectivity index is 1.13. The van der Waals surface area contributed by atoms with Crippen LogP contribution in [-0.2, 0) is 0 Å². The summed E-state index contributed by atoms with van der Waals surface area (Å²) in [6.45, 7) is 0. The second-order valence-corrected chi connectivity index (χ2v) is 13.6. The SMILES string of the molecule is c1ccc(-c2cccc(N(c3ccc(-c4cccc5c4sc4ccccc45)cc3)c3ccc4oc5cc6ccccc6cc5c4c3)c2)cc1. The monoisotopic (exact) mass is 643 g/mol. The Kier molecular flexibility index (Phi) is 6.39. The molecule has 0 saturated carbocycles. The Labute approximate surface area is 287 Å². The van der Waals surface area contributed by atoms with Gasteiger partial charge in [-0.25, -0.2) is 0 Å². The molecule has 49 heavy (non-hydrogen) atoms. The fourth-order valence-corrected chi connectivity index (χ4v) is 8.49. The van der Waals surface area contributed by atoms with Crippen LogP contribution in [0, 0.1) is 0 Å². The molecule has 0 spiro atoms. The summed E-state index contributed by atoms with van der Waals surface area (Å²) in [4.78, 5) is 2.36. The van der Waals surface area contributed by atoms with E-state index in [1.807, 2.05) is 11.3 Å². The van der Waals surface area contributed by atoms with Crippen LogP contribution in [-0.4, -0.2) is 0 Å². The number of benzene rings is 8. The van der Waals surface area contributed by atoms with Crippen molar-refractivity contribution in [3.8, 4) is 22.3 Å². The summed E-state index contributed by atoms with van der Waals surface area (Å²) in [7, 11) is 0. The Morgan fingerprint density at radius 1 is 0.388 bits per heavy atom. The molecule has 2 nitrogen and oxygen atoms in total. The molecule has 0 fully saturated rings. The second kappa shape index (κ2) is 11.2. The van der Waals surface area contributed by atoms with Gasteiger partial charge in [0.1, 0.15) is 11.2 Å². The van der Waals surface area contributed by atoms with Gasteiger partial charge < -0.3 is 9.32 Å². The molecule has 0 saturated heterocycles. The summed E-state index contributed by atoms with van der Waals surface area (Å²) in [5.74, 6) is 0. The quantitative estimate of drug-likeness (QED) is 0.186. The van der Waals surface area contributed by atoms with Gasteiger partial charge in [-0.1, -0.05) is 115 Å². The van der Waals surface area contributed by atoms with Gasteiger partial charge in [-0.05, 0) is 93.7 Å². The lowest BCUT2D eigenvalue weighted by Crippen LogP contribution is -2.10. The predicted molar refractivity (Wildman–Crippen MR) is 210 cm³/mol. The van der Waals surface area contributed by atoms with Gasteiger partial charge in [-0.15, -0.1) is 11.3 Å². The smallest absolute Gasteiger partial charge is 0.136 e. The molecule has 0 amide bonds. The van der Waals surface area contributed by atoms with E-state index in [1.54, 1.807) is 0 Å². The van der Waals surface area contributed by atoms with Crippen LogP contribution in [0.5, 0.6) is 0 Å². The van der Waals surface area contributed by atoms with E-state index in [1.165, 1.54) is 53.2 Å². The molecule has 230 valence electrons. The van der Waals surface area contributed by atoms with E-state index < -0.39 is 0 Å². The average Bonchev–Trinajstić information content (AvgIpc) is 3.72. The number of nitrogens with zero attached hydrogens (tertiary/aromatic N) is 1. The van der Waals surface area contributed by atoms with Crippen LogP contribution < -0.4 is 4.90 Å². The minimum absolute atomic E-state index is 0.888. The zero-order valence-corrected chi connectivity index (χ0v) is 27.3. The molecule has 8 aromatic carbocycles. The average molecular weight is 644 g/mol. The molecule has 0 atom stereocenters. The minimum atomic E-state index is 0.888. The lowest BCUT2D eigenvalue weighted by Gasteiger charge is -2.26. The zero-order chi connectivity index (χ0) is 32.3. The molecule has 0 unspecified atom stereocenters. The van der Waals surface area contributed by atoms with Gasteiger partial charge in [-0.2, -0.15) is 0 Å². The first-order chi connectivity index (χ1) is 24.3. The molecule has 0 aliphatic carbocycles. The molecule has 10 aromatic rings. The number of furan rings is 1. The zero-order valence-electron chi connectivity index (χ0n) is 26.5. The summed E-state index contributed by atoms with van der Waals surface area (Å²) in [5.41, 5.74) is 9.91. The molecule has 2 heterocycles. The van der Waals surface area contributed by atoms with Crippen molar-refractivity contribution in [3.63, 3.8) is 0 Å². The fraction of sp³-hybridized carbons (Fsp3) is 0. The Morgan fingerprint density at radius 3 is 1.94 bits per heavy atom. The molecule has 3 heteroatoms. The Bertz CT molecular complexity index is 2830. The lowest BCUT2D eigenvalue weighted by molar-refractivity contribution is 0.669. The van der Waals surface area contributed by atoms with Crippen LogP contribution in [0.1, 0.15) is 0 Å². The molecule has 0 bridgehead atoms. The maximum atomic E-state index is 6.39. The molecule has 0 aliphatic heterocycles. The van der Waals surface area contributed by atoms with Crippen molar-refractivity contribution in [2.75, 3.05) is 4.90 Å². The van der Waals surface area contributed by atoms with Crippen molar-refractivity contribution in [2.45, 2.75) is 0 Å². The molecule has 0 N–H and O–H groups in total. The number of thiophene rings is 1. The summed E-state index contributed by atoms with van der Waals surface area (Å²) in [5, 5.41) is 7.26. The number of fused-ring (bicyclic) bond motifs is 7. The maximum Gasteiger partial charge on any atom is 0.136 e. The summed E-state index contributed by atoms with van der Waals surface area (Å²) < 4.78 is 9.04. The van der Waals surface area contributed by atoms with Crippen molar-refractivity contribution < 1.29 is 4.42 Å². The summed E-state index contributed by atoms with van der Waals surface area (Å²) in [6.07, 6.45) is 0. The number of anilines is 3. The largest absolute Gasteiger partial charge is 0.456 e. The van der Waals surface area contributed by atoms with Crippen molar-refractivity contribution >= 4 is 81.3 Å². The van der Waals surface area contributed by atoms with E-state index in [9.17, 15) is 0 Å². The first-order valence-corrected chi connectivity index (χ1v) is 17.4. The topological polar surface area (TPSA) is 16.4 Å². The van der Waals surface area contributed by atoms with E-state index in [4.69, 9.17) is 4.42 Å². The number of hydrogen-bond acceptors (Lipinski definition) is 3. The predicted octanol–water partition coefficient (Wildman–Crippen LogP) is 13.9.